The molecule has 2 rings (SSSR count). The second-order valence-corrected chi connectivity index (χ2v) is 8.17. The van der Waals surface area contributed by atoms with Crippen LogP contribution in [-0.2, 0) is 17.6 Å². The largest absolute Gasteiger partial charge is 0.493 e. The van der Waals surface area contributed by atoms with Gasteiger partial charge in [0.2, 0.25) is 0 Å². The molecule has 1 heterocycles. The zero-order valence-corrected chi connectivity index (χ0v) is 20.0. The average molecular weight is 423 g/mol. The van der Waals surface area contributed by atoms with E-state index in [1.54, 1.807) is 0 Å². The third-order valence-corrected chi connectivity index (χ3v) is 4.05. The van der Waals surface area contributed by atoms with Gasteiger partial charge in [0.05, 0.1) is 12.3 Å². The first kappa shape index (κ1) is 27.9. The molecule has 0 bridgehead atoms. The van der Waals surface area contributed by atoms with E-state index in [-0.39, 0.29) is 11.8 Å². The van der Waals surface area contributed by atoms with Crippen molar-refractivity contribution in [3.05, 3.63) is 23.4 Å². The Morgan fingerprint density at radius 1 is 1.20 bits per heavy atom. The number of carbonyl (C=O) groups is 1. The average Bonchev–Trinajstić information content (AvgIpc) is 3.09. The fourth-order valence-corrected chi connectivity index (χ4v) is 2.75. The van der Waals surface area contributed by atoms with Crippen molar-refractivity contribution in [1.29, 1.82) is 0 Å². The molecule has 0 spiro atoms. The molecule has 0 saturated heterocycles. The highest BCUT2D eigenvalue weighted by Gasteiger charge is 2.20. The maximum Gasteiger partial charge on any atom is 0.303 e. The lowest BCUT2D eigenvalue weighted by Crippen LogP contribution is -2.09. The normalized spacial score (nSPS) is 10.7. The fraction of sp³-hybridized carbons (Fsp3) is 0.667. The van der Waals surface area contributed by atoms with Gasteiger partial charge in [-0.3, -0.25) is 4.79 Å². The van der Waals surface area contributed by atoms with E-state index in [2.05, 4.69) is 39.8 Å². The van der Waals surface area contributed by atoms with Gasteiger partial charge in [0.25, 0.3) is 0 Å². The van der Waals surface area contributed by atoms with Gasteiger partial charge in [-0.25, -0.2) is 0 Å². The Labute approximate surface area is 182 Å². The summed E-state index contributed by atoms with van der Waals surface area (Å²) in [5.41, 5.74) is 7.97. The molecule has 6 nitrogen and oxygen atoms in total. The molecule has 2 aromatic rings. The van der Waals surface area contributed by atoms with Gasteiger partial charge in [-0.2, -0.15) is 0 Å². The van der Waals surface area contributed by atoms with Gasteiger partial charge in [-0.05, 0) is 49.8 Å². The van der Waals surface area contributed by atoms with Crippen LogP contribution < -0.4 is 10.5 Å². The second kappa shape index (κ2) is 14.8. The molecule has 0 aliphatic carbocycles. The number of aromatic nitrogens is 1. The summed E-state index contributed by atoms with van der Waals surface area (Å²) in [5.74, 6) is -0.0295. The van der Waals surface area contributed by atoms with Crippen molar-refractivity contribution in [2.24, 2.45) is 11.1 Å². The van der Waals surface area contributed by atoms with Crippen molar-refractivity contribution >= 4 is 16.9 Å². The van der Waals surface area contributed by atoms with Crippen molar-refractivity contribution in [2.75, 3.05) is 13.2 Å². The third-order valence-electron chi connectivity index (χ3n) is 4.05. The van der Waals surface area contributed by atoms with Crippen LogP contribution >= 0.6 is 0 Å². The van der Waals surface area contributed by atoms with Crippen LogP contribution in [0.3, 0.4) is 0 Å². The van der Waals surface area contributed by atoms with Crippen LogP contribution in [0.5, 0.6) is 5.75 Å². The molecular weight excluding hydrogens is 380 g/mol. The predicted octanol–water partition coefficient (Wildman–Crippen LogP) is 5.99. The number of carboxylic acids is 1. The number of carboxylic acid groups (broad SMARTS) is 1. The number of aliphatic carboxylic acids is 1. The van der Waals surface area contributed by atoms with Crippen LogP contribution in [-0.4, -0.2) is 29.4 Å². The van der Waals surface area contributed by atoms with Crippen molar-refractivity contribution in [3.63, 3.8) is 0 Å². The number of nitrogens with two attached hydrogens (primary N) is 1. The lowest BCUT2D eigenvalue weighted by atomic mass is 9.89. The monoisotopic (exact) mass is 422 g/mol. The third kappa shape index (κ3) is 10.1. The maximum atomic E-state index is 10.6. The van der Waals surface area contributed by atoms with Crippen molar-refractivity contribution in [2.45, 2.75) is 87.0 Å². The Balaban J connectivity index is 0.00000125. The standard InChI is InChI=1S/C19H27NO4.C3H9N.C2H6/c1-5-7-14-16(23-11-6-8-17(21)22)10-9-13-15(12-19(2,3)4)20-24-18(13)14;1-2-3-4;1-2/h9-10H,5-8,11-12H2,1-4H3,(H,21,22);2-4H2,1H3;1-2H3. The van der Waals surface area contributed by atoms with Gasteiger partial charge in [0.15, 0.2) is 5.58 Å². The van der Waals surface area contributed by atoms with Crippen molar-refractivity contribution < 1.29 is 19.2 Å². The molecule has 172 valence electrons. The number of rotatable bonds is 9. The lowest BCUT2D eigenvalue weighted by Gasteiger charge is -2.16. The Hall–Kier alpha value is -2.08. The smallest absolute Gasteiger partial charge is 0.303 e. The maximum absolute atomic E-state index is 10.6. The molecule has 0 unspecified atom stereocenters. The quantitative estimate of drug-likeness (QED) is 0.481. The minimum absolute atomic E-state index is 0.114. The van der Waals surface area contributed by atoms with E-state index in [0.29, 0.717) is 13.0 Å². The number of fused-ring (bicyclic) bond motifs is 1. The van der Waals surface area contributed by atoms with E-state index in [0.717, 1.165) is 60.2 Å². The summed E-state index contributed by atoms with van der Waals surface area (Å²) >= 11 is 0. The van der Waals surface area contributed by atoms with Crippen LogP contribution in [0.4, 0.5) is 0 Å². The number of hydrogen-bond donors (Lipinski definition) is 2. The lowest BCUT2D eigenvalue weighted by molar-refractivity contribution is -0.137. The molecule has 0 radical (unpaired) electrons. The van der Waals surface area contributed by atoms with Gasteiger partial charge in [-0.1, -0.05) is 60.0 Å². The summed E-state index contributed by atoms with van der Waals surface area (Å²) < 4.78 is 11.4. The summed E-state index contributed by atoms with van der Waals surface area (Å²) in [7, 11) is 0. The van der Waals surface area contributed by atoms with E-state index >= 15 is 0 Å². The Kier molecular flexibility index (Phi) is 13.8. The molecule has 0 atom stereocenters. The van der Waals surface area contributed by atoms with Gasteiger partial charge in [-0.15, -0.1) is 0 Å². The highest BCUT2D eigenvalue weighted by Crippen LogP contribution is 2.33. The number of hydrogen-bond acceptors (Lipinski definition) is 5. The molecule has 0 saturated carbocycles. The highest BCUT2D eigenvalue weighted by molar-refractivity contribution is 5.84. The summed E-state index contributed by atoms with van der Waals surface area (Å²) in [6, 6.07) is 3.95. The van der Waals surface area contributed by atoms with Gasteiger partial charge >= 0.3 is 5.97 Å². The molecule has 0 amide bonds. The van der Waals surface area contributed by atoms with E-state index in [1.807, 2.05) is 26.0 Å². The van der Waals surface area contributed by atoms with Crippen LogP contribution in [0.1, 0.15) is 85.4 Å². The van der Waals surface area contributed by atoms with Crippen LogP contribution in [0.25, 0.3) is 11.0 Å². The summed E-state index contributed by atoms with van der Waals surface area (Å²) in [6.07, 6.45) is 4.37. The number of aryl methyl sites for hydroxylation is 1. The Bertz CT molecular complexity index is 731. The first-order valence-electron chi connectivity index (χ1n) is 11.2. The second-order valence-electron chi connectivity index (χ2n) is 8.17. The van der Waals surface area contributed by atoms with Gasteiger partial charge < -0.3 is 20.1 Å². The number of benzene rings is 1. The van der Waals surface area contributed by atoms with Crippen LogP contribution in [0.15, 0.2) is 16.7 Å². The van der Waals surface area contributed by atoms with E-state index in [1.165, 1.54) is 0 Å². The van der Waals surface area contributed by atoms with Crippen molar-refractivity contribution in [3.8, 4) is 5.75 Å². The van der Waals surface area contributed by atoms with Gasteiger partial charge in [0.1, 0.15) is 5.75 Å². The molecule has 30 heavy (non-hydrogen) atoms. The highest BCUT2D eigenvalue weighted by atomic mass is 16.5. The van der Waals surface area contributed by atoms with E-state index in [9.17, 15) is 4.79 Å². The predicted molar refractivity (Wildman–Crippen MR) is 124 cm³/mol. The number of nitrogens with zero attached hydrogens (tertiary/aromatic N) is 1. The molecule has 0 fully saturated rings. The first-order valence-corrected chi connectivity index (χ1v) is 11.2. The summed E-state index contributed by atoms with van der Waals surface area (Å²) in [6.45, 7) is 15.9. The van der Waals surface area contributed by atoms with E-state index in [4.69, 9.17) is 20.1 Å². The molecular formula is C24H42N2O4. The zero-order chi connectivity index (χ0) is 23.2. The first-order chi connectivity index (χ1) is 14.2. The number of ether oxygens (including phenoxy) is 1. The van der Waals surface area contributed by atoms with Gasteiger partial charge in [0, 0.05) is 17.4 Å². The van der Waals surface area contributed by atoms with Crippen LogP contribution in [0.2, 0.25) is 0 Å². The van der Waals surface area contributed by atoms with E-state index < -0.39 is 5.97 Å². The molecule has 0 aliphatic rings. The SMILES string of the molecule is CC.CCCN.CCCc1c(OCCCC(=O)O)ccc2c(CC(C)(C)C)noc12. The van der Waals surface area contributed by atoms with Crippen molar-refractivity contribution in [1.82, 2.24) is 5.16 Å². The minimum atomic E-state index is -0.801. The molecule has 1 aromatic heterocycles. The molecule has 6 heteroatoms. The Morgan fingerprint density at radius 3 is 2.33 bits per heavy atom. The summed E-state index contributed by atoms with van der Waals surface area (Å²) in [5, 5.41) is 14.0. The molecule has 0 aliphatic heterocycles. The molecule has 3 N–H and O–H groups in total. The zero-order valence-electron chi connectivity index (χ0n) is 20.0. The minimum Gasteiger partial charge on any atom is -0.493 e. The topological polar surface area (TPSA) is 98.6 Å². The molecule has 1 aromatic carbocycles. The summed E-state index contributed by atoms with van der Waals surface area (Å²) in [4.78, 5) is 10.6. The van der Waals surface area contributed by atoms with Crippen LogP contribution in [0, 0.1) is 5.41 Å². The Morgan fingerprint density at radius 2 is 1.83 bits per heavy atom. The fourth-order valence-electron chi connectivity index (χ4n) is 2.75.